The molecule has 0 radical (unpaired) electrons. The number of rotatable bonds is 4. The van der Waals surface area contributed by atoms with Gasteiger partial charge in [-0.15, -0.1) is 0 Å². The molecule has 3 heterocycles. The first-order valence-corrected chi connectivity index (χ1v) is 11.1. The SMILES string of the molecule is Cc1ccc(-n2cccc2C=C2SC(=O)N(CC(=O)N3CCCCCC3)C2=O)cc1. The summed E-state index contributed by atoms with van der Waals surface area (Å²) in [6.07, 6.45) is 7.83. The van der Waals surface area contributed by atoms with E-state index in [9.17, 15) is 14.4 Å². The fraction of sp³-hybridized carbons (Fsp3) is 0.348. The predicted octanol–water partition coefficient (Wildman–Crippen LogP) is 4.22. The molecule has 0 bridgehead atoms. The Bertz CT molecular complexity index is 985. The molecule has 0 unspecified atom stereocenters. The molecule has 2 aliphatic heterocycles. The number of hydrogen-bond acceptors (Lipinski definition) is 4. The first kappa shape index (κ1) is 20.5. The number of carbonyl (C=O) groups excluding carboxylic acids is 3. The van der Waals surface area contributed by atoms with Gasteiger partial charge < -0.3 is 9.47 Å². The van der Waals surface area contributed by atoms with Crippen molar-refractivity contribution in [3.8, 4) is 5.69 Å². The van der Waals surface area contributed by atoms with E-state index in [4.69, 9.17) is 0 Å². The number of hydrogen-bond donors (Lipinski definition) is 0. The normalized spacial score (nSPS) is 18.9. The van der Waals surface area contributed by atoms with E-state index in [-0.39, 0.29) is 17.7 Å². The van der Waals surface area contributed by atoms with Crippen LogP contribution < -0.4 is 0 Å². The van der Waals surface area contributed by atoms with E-state index in [1.54, 1.807) is 11.0 Å². The van der Waals surface area contributed by atoms with Gasteiger partial charge in [0.25, 0.3) is 11.1 Å². The van der Waals surface area contributed by atoms with Gasteiger partial charge in [0.05, 0.1) is 4.91 Å². The number of imide groups is 1. The van der Waals surface area contributed by atoms with Crippen LogP contribution in [0.15, 0.2) is 47.5 Å². The first-order valence-electron chi connectivity index (χ1n) is 10.3. The molecule has 156 valence electrons. The molecule has 6 nitrogen and oxygen atoms in total. The Kier molecular flexibility index (Phi) is 6.08. The zero-order valence-electron chi connectivity index (χ0n) is 17.0. The number of aryl methyl sites for hydroxylation is 1. The number of benzene rings is 1. The predicted molar refractivity (Wildman–Crippen MR) is 118 cm³/mol. The molecule has 7 heteroatoms. The van der Waals surface area contributed by atoms with Crippen LogP contribution in [0.2, 0.25) is 0 Å². The average Bonchev–Trinajstić information content (AvgIpc) is 3.16. The van der Waals surface area contributed by atoms with Gasteiger partial charge >= 0.3 is 0 Å². The van der Waals surface area contributed by atoms with Crippen molar-refractivity contribution in [1.82, 2.24) is 14.4 Å². The molecule has 30 heavy (non-hydrogen) atoms. The smallest absolute Gasteiger partial charge is 0.294 e. The van der Waals surface area contributed by atoms with Gasteiger partial charge in [-0.25, -0.2) is 0 Å². The maximum Gasteiger partial charge on any atom is 0.294 e. The lowest BCUT2D eigenvalue weighted by atomic mass is 10.2. The van der Waals surface area contributed by atoms with Gasteiger partial charge in [-0.1, -0.05) is 30.5 Å². The van der Waals surface area contributed by atoms with E-state index < -0.39 is 5.91 Å². The van der Waals surface area contributed by atoms with E-state index in [1.165, 1.54) is 5.56 Å². The maximum atomic E-state index is 12.9. The highest BCUT2D eigenvalue weighted by molar-refractivity contribution is 8.18. The van der Waals surface area contributed by atoms with Crippen LogP contribution in [0.1, 0.15) is 36.9 Å². The highest BCUT2D eigenvalue weighted by atomic mass is 32.2. The minimum atomic E-state index is -0.398. The average molecular weight is 424 g/mol. The summed E-state index contributed by atoms with van der Waals surface area (Å²) in [5.41, 5.74) is 2.96. The molecule has 0 saturated carbocycles. The second kappa shape index (κ2) is 8.92. The molecular formula is C23H25N3O3S. The van der Waals surface area contributed by atoms with E-state index in [0.29, 0.717) is 18.0 Å². The molecule has 2 aromatic rings. The number of amides is 3. The van der Waals surface area contributed by atoms with Crippen LogP contribution in [0.5, 0.6) is 0 Å². The summed E-state index contributed by atoms with van der Waals surface area (Å²) in [6.45, 7) is 3.26. The third-order valence-corrected chi connectivity index (χ3v) is 6.40. The van der Waals surface area contributed by atoms with Crippen molar-refractivity contribution in [3.63, 3.8) is 0 Å². The first-order chi connectivity index (χ1) is 14.5. The zero-order chi connectivity index (χ0) is 21.1. The van der Waals surface area contributed by atoms with Gasteiger partial charge in [0, 0.05) is 30.7 Å². The Labute approximate surface area is 180 Å². The van der Waals surface area contributed by atoms with Gasteiger partial charge in [0.2, 0.25) is 5.91 Å². The Hall–Kier alpha value is -2.80. The summed E-state index contributed by atoms with van der Waals surface area (Å²) in [5, 5.41) is -0.386. The van der Waals surface area contributed by atoms with E-state index in [2.05, 4.69) is 0 Å². The molecule has 0 aliphatic carbocycles. The Balaban J connectivity index is 1.50. The van der Waals surface area contributed by atoms with Crippen molar-refractivity contribution in [2.75, 3.05) is 19.6 Å². The fourth-order valence-electron chi connectivity index (χ4n) is 3.78. The fourth-order valence-corrected chi connectivity index (χ4v) is 4.60. The highest BCUT2D eigenvalue weighted by Gasteiger charge is 2.37. The number of thioether (sulfide) groups is 1. The van der Waals surface area contributed by atoms with Crippen LogP contribution in [0, 0.1) is 6.92 Å². The Morgan fingerprint density at radius 1 is 1.03 bits per heavy atom. The third-order valence-electron chi connectivity index (χ3n) is 5.50. The summed E-state index contributed by atoms with van der Waals surface area (Å²) in [6, 6.07) is 11.9. The molecule has 3 amide bonds. The minimum Gasteiger partial charge on any atom is -0.341 e. The maximum absolute atomic E-state index is 12.9. The monoisotopic (exact) mass is 423 g/mol. The summed E-state index contributed by atoms with van der Waals surface area (Å²) < 4.78 is 1.97. The van der Waals surface area contributed by atoms with Crippen LogP contribution >= 0.6 is 11.8 Å². The molecule has 4 rings (SSSR count). The molecule has 1 aromatic heterocycles. The molecule has 1 aromatic carbocycles. The van der Waals surface area contributed by atoms with Crippen LogP contribution in [-0.2, 0) is 9.59 Å². The lowest BCUT2D eigenvalue weighted by Gasteiger charge is -2.22. The number of aromatic nitrogens is 1. The molecule has 0 spiro atoms. The summed E-state index contributed by atoms with van der Waals surface area (Å²) >= 11 is 0.894. The van der Waals surface area contributed by atoms with Gasteiger partial charge in [-0.05, 0) is 61.9 Å². The quantitative estimate of drug-likeness (QED) is 0.691. The van der Waals surface area contributed by atoms with Gasteiger partial charge in [-0.2, -0.15) is 0 Å². The number of likely N-dealkylation sites (tertiary alicyclic amines) is 1. The van der Waals surface area contributed by atoms with Crippen molar-refractivity contribution >= 4 is 34.9 Å². The third kappa shape index (κ3) is 4.36. The van der Waals surface area contributed by atoms with Crippen LogP contribution in [-0.4, -0.2) is 51.1 Å². The van der Waals surface area contributed by atoms with Crippen molar-refractivity contribution in [2.24, 2.45) is 0 Å². The highest BCUT2D eigenvalue weighted by Crippen LogP contribution is 2.32. The summed E-state index contributed by atoms with van der Waals surface area (Å²) in [5.74, 6) is -0.548. The minimum absolute atomic E-state index is 0.150. The van der Waals surface area contributed by atoms with E-state index in [1.807, 2.05) is 54.1 Å². The standard InChI is InChI=1S/C23H25N3O3S/c1-17-8-10-18(11-9-17)25-14-6-7-19(25)15-20-22(28)26(23(29)30-20)16-21(27)24-12-4-2-3-5-13-24/h6-11,14-15H,2-5,12-13,16H2,1H3. The Morgan fingerprint density at radius 2 is 1.73 bits per heavy atom. The largest absolute Gasteiger partial charge is 0.341 e. The number of nitrogens with zero attached hydrogens (tertiary/aromatic N) is 3. The van der Waals surface area contributed by atoms with Crippen LogP contribution in [0.4, 0.5) is 4.79 Å². The zero-order valence-corrected chi connectivity index (χ0v) is 17.9. The van der Waals surface area contributed by atoms with E-state index >= 15 is 0 Å². The Morgan fingerprint density at radius 3 is 2.43 bits per heavy atom. The van der Waals surface area contributed by atoms with Crippen LogP contribution in [0.3, 0.4) is 0 Å². The topological polar surface area (TPSA) is 62.6 Å². The summed E-state index contributed by atoms with van der Waals surface area (Å²) in [7, 11) is 0. The van der Waals surface area contributed by atoms with Crippen molar-refractivity contribution in [2.45, 2.75) is 32.6 Å². The van der Waals surface area contributed by atoms with Gasteiger partial charge in [0.1, 0.15) is 6.54 Å². The molecule has 0 N–H and O–H groups in total. The van der Waals surface area contributed by atoms with Gasteiger partial charge in [-0.3, -0.25) is 19.3 Å². The molecular weight excluding hydrogens is 398 g/mol. The van der Waals surface area contributed by atoms with Gasteiger partial charge in [0.15, 0.2) is 0 Å². The molecule has 2 aliphatic rings. The van der Waals surface area contributed by atoms with Crippen molar-refractivity contribution in [1.29, 1.82) is 0 Å². The van der Waals surface area contributed by atoms with Crippen molar-refractivity contribution < 1.29 is 14.4 Å². The summed E-state index contributed by atoms with van der Waals surface area (Å²) in [4.78, 5) is 41.1. The van der Waals surface area contributed by atoms with E-state index in [0.717, 1.165) is 53.7 Å². The second-order valence-corrected chi connectivity index (χ2v) is 8.69. The lowest BCUT2D eigenvalue weighted by molar-refractivity contribution is -0.135. The van der Waals surface area contributed by atoms with Crippen molar-refractivity contribution in [3.05, 3.63) is 58.8 Å². The molecule has 0 atom stereocenters. The van der Waals surface area contributed by atoms with Crippen LogP contribution in [0.25, 0.3) is 11.8 Å². The number of carbonyl (C=O) groups is 3. The molecule has 2 saturated heterocycles. The molecule has 2 fully saturated rings. The lowest BCUT2D eigenvalue weighted by Crippen LogP contribution is -2.42. The second-order valence-electron chi connectivity index (χ2n) is 7.70.